The number of rotatable bonds is 5. The minimum Gasteiger partial charge on any atom is -0.462 e. The van der Waals surface area contributed by atoms with Crippen molar-refractivity contribution < 1.29 is 19.1 Å². The van der Waals surface area contributed by atoms with E-state index >= 15 is 0 Å². The van der Waals surface area contributed by atoms with Gasteiger partial charge in [0.25, 0.3) is 0 Å². The van der Waals surface area contributed by atoms with Crippen LogP contribution in [0.3, 0.4) is 0 Å². The molecule has 0 atom stereocenters. The third kappa shape index (κ3) is 5.21. The number of hydrogen-bond donors (Lipinski definition) is 0. The number of carbonyl (C=O) groups excluding carboxylic acids is 2. The van der Waals surface area contributed by atoms with Gasteiger partial charge in [-0.2, -0.15) is 0 Å². The van der Waals surface area contributed by atoms with Crippen LogP contribution in [0.1, 0.15) is 60.9 Å². The first-order valence-electron chi connectivity index (χ1n) is 7.25. The maximum atomic E-state index is 12.3. The first kappa shape index (κ1) is 17.2. The molecular formula is C17H24O4. The Labute approximate surface area is 126 Å². The van der Waals surface area contributed by atoms with Gasteiger partial charge in [0.2, 0.25) is 0 Å². The molecule has 21 heavy (non-hydrogen) atoms. The summed E-state index contributed by atoms with van der Waals surface area (Å²) in [5, 5.41) is 0. The van der Waals surface area contributed by atoms with Gasteiger partial charge in [0, 0.05) is 0 Å². The highest BCUT2D eigenvalue weighted by atomic mass is 16.5. The maximum absolute atomic E-state index is 12.3. The Morgan fingerprint density at radius 1 is 1.00 bits per heavy atom. The van der Waals surface area contributed by atoms with Gasteiger partial charge in [0.15, 0.2) is 0 Å². The van der Waals surface area contributed by atoms with Crippen molar-refractivity contribution in [3.8, 4) is 0 Å². The van der Waals surface area contributed by atoms with E-state index in [4.69, 9.17) is 9.47 Å². The minimum absolute atomic E-state index is 0.123. The summed E-state index contributed by atoms with van der Waals surface area (Å²) in [5.41, 5.74) is 1.39. The Bertz CT molecular complexity index is 512. The number of aryl methyl sites for hydroxylation is 1. The summed E-state index contributed by atoms with van der Waals surface area (Å²) in [6.07, 6.45) is 0.780. The summed E-state index contributed by atoms with van der Waals surface area (Å²) in [4.78, 5) is 24.2. The zero-order chi connectivity index (χ0) is 16.0. The quantitative estimate of drug-likeness (QED) is 0.778. The molecule has 0 bridgehead atoms. The second-order valence-corrected chi connectivity index (χ2v) is 6.09. The van der Waals surface area contributed by atoms with Crippen molar-refractivity contribution in [2.24, 2.45) is 5.41 Å². The van der Waals surface area contributed by atoms with Crippen LogP contribution in [0.4, 0.5) is 0 Å². The molecule has 0 aromatic heterocycles. The molecule has 0 N–H and O–H groups in total. The van der Waals surface area contributed by atoms with Crippen LogP contribution in [-0.4, -0.2) is 25.2 Å². The zero-order valence-electron chi connectivity index (χ0n) is 13.5. The summed E-state index contributed by atoms with van der Waals surface area (Å²) in [6, 6.07) is 5.16. The minimum atomic E-state index is -0.497. The molecule has 0 saturated heterocycles. The molecule has 1 rings (SSSR count). The molecule has 1 aromatic carbocycles. The van der Waals surface area contributed by atoms with E-state index in [-0.39, 0.29) is 23.1 Å². The molecule has 4 nitrogen and oxygen atoms in total. The average molecular weight is 292 g/mol. The maximum Gasteiger partial charge on any atom is 0.339 e. The normalized spacial score (nSPS) is 11.1. The third-order valence-electron chi connectivity index (χ3n) is 2.84. The lowest BCUT2D eigenvalue weighted by atomic mass is 9.98. The lowest BCUT2D eigenvalue weighted by molar-refractivity contribution is 0.0354. The lowest BCUT2D eigenvalue weighted by Gasteiger charge is -2.18. The predicted molar refractivity (Wildman–Crippen MR) is 81.5 cm³/mol. The Kier molecular flexibility index (Phi) is 5.94. The Morgan fingerprint density at radius 2 is 1.62 bits per heavy atom. The number of hydrogen-bond acceptors (Lipinski definition) is 4. The number of benzene rings is 1. The van der Waals surface area contributed by atoms with Crippen LogP contribution in [0.25, 0.3) is 0 Å². The molecule has 0 spiro atoms. The molecule has 116 valence electrons. The zero-order valence-corrected chi connectivity index (χ0v) is 13.5. The van der Waals surface area contributed by atoms with Gasteiger partial charge in [-0.1, -0.05) is 33.8 Å². The SMILES string of the molecule is CCOC(=O)c1ccc(CC)cc1C(=O)OCC(C)(C)C. The highest BCUT2D eigenvalue weighted by Crippen LogP contribution is 2.18. The predicted octanol–water partition coefficient (Wildman–Crippen LogP) is 3.63. The number of ether oxygens (including phenoxy) is 2. The van der Waals surface area contributed by atoms with Gasteiger partial charge in [-0.3, -0.25) is 0 Å². The molecule has 0 radical (unpaired) electrons. The fourth-order valence-corrected chi connectivity index (χ4v) is 1.73. The molecule has 0 aliphatic heterocycles. The van der Waals surface area contributed by atoms with E-state index in [2.05, 4.69) is 0 Å². The third-order valence-corrected chi connectivity index (χ3v) is 2.84. The number of carbonyl (C=O) groups is 2. The van der Waals surface area contributed by atoms with Crippen molar-refractivity contribution in [3.63, 3.8) is 0 Å². The summed E-state index contributed by atoms with van der Waals surface area (Å²) >= 11 is 0. The van der Waals surface area contributed by atoms with Crippen LogP contribution in [0.2, 0.25) is 0 Å². The van der Waals surface area contributed by atoms with Crippen molar-refractivity contribution >= 4 is 11.9 Å². The van der Waals surface area contributed by atoms with Crippen molar-refractivity contribution in [2.45, 2.75) is 41.0 Å². The largest absolute Gasteiger partial charge is 0.462 e. The molecule has 4 heteroatoms. The average Bonchev–Trinajstić information content (AvgIpc) is 2.43. The fourth-order valence-electron chi connectivity index (χ4n) is 1.73. The second-order valence-electron chi connectivity index (χ2n) is 6.09. The van der Waals surface area contributed by atoms with Gasteiger partial charge in [-0.15, -0.1) is 0 Å². The van der Waals surface area contributed by atoms with Gasteiger partial charge >= 0.3 is 11.9 Å². The van der Waals surface area contributed by atoms with Crippen LogP contribution in [0.5, 0.6) is 0 Å². The van der Waals surface area contributed by atoms with Crippen molar-refractivity contribution in [3.05, 3.63) is 34.9 Å². The summed E-state index contributed by atoms with van der Waals surface area (Å²) in [6.45, 7) is 10.2. The Hall–Kier alpha value is -1.84. The second kappa shape index (κ2) is 7.25. The van der Waals surface area contributed by atoms with Crippen molar-refractivity contribution in [2.75, 3.05) is 13.2 Å². The monoisotopic (exact) mass is 292 g/mol. The Morgan fingerprint density at radius 3 is 2.14 bits per heavy atom. The summed E-state index contributed by atoms with van der Waals surface area (Å²) in [5.74, 6) is -0.980. The van der Waals surface area contributed by atoms with Gasteiger partial charge < -0.3 is 9.47 Å². The van der Waals surface area contributed by atoms with E-state index in [0.717, 1.165) is 12.0 Å². The van der Waals surface area contributed by atoms with Crippen LogP contribution >= 0.6 is 0 Å². The molecule has 0 unspecified atom stereocenters. The number of esters is 2. The van der Waals surface area contributed by atoms with E-state index < -0.39 is 11.9 Å². The molecule has 1 aromatic rings. The molecule has 0 heterocycles. The molecule has 0 aliphatic rings. The molecule has 0 saturated carbocycles. The van der Waals surface area contributed by atoms with E-state index in [1.54, 1.807) is 19.1 Å². The van der Waals surface area contributed by atoms with Crippen LogP contribution in [-0.2, 0) is 15.9 Å². The van der Waals surface area contributed by atoms with Crippen LogP contribution in [0.15, 0.2) is 18.2 Å². The molecule has 0 aliphatic carbocycles. The summed E-state index contributed by atoms with van der Waals surface area (Å²) in [7, 11) is 0. The van der Waals surface area contributed by atoms with E-state index in [0.29, 0.717) is 6.61 Å². The van der Waals surface area contributed by atoms with E-state index in [1.165, 1.54) is 0 Å². The smallest absolute Gasteiger partial charge is 0.339 e. The first-order chi connectivity index (χ1) is 9.78. The van der Waals surface area contributed by atoms with Crippen LogP contribution in [0, 0.1) is 5.41 Å². The van der Waals surface area contributed by atoms with Crippen LogP contribution < -0.4 is 0 Å². The van der Waals surface area contributed by atoms with E-state index in [9.17, 15) is 9.59 Å². The summed E-state index contributed by atoms with van der Waals surface area (Å²) < 4.78 is 10.3. The highest BCUT2D eigenvalue weighted by molar-refractivity contribution is 6.03. The Balaban J connectivity index is 3.06. The van der Waals surface area contributed by atoms with Gasteiger partial charge in [-0.25, -0.2) is 9.59 Å². The fraction of sp³-hybridized carbons (Fsp3) is 0.529. The van der Waals surface area contributed by atoms with Crippen molar-refractivity contribution in [1.29, 1.82) is 0 Å². The molecular weight excluding hydrogens is 268 g/mol. The molecule has 0 fully saturated rings. The molecule has 0 amide bonds. The van der Waals surface area contributed by atoms with Gasteiger partial charge in [-0.05, 0) is 36.5 Å². The van der Waals surface area contributed by atoms with Gasteiger partial charge in [0.1, 0.15) is 0 Å². The van der Waals surface area contributed by atoms with Gasteiger partial charge in [0.05, 0.1) is 24.3 Å². The highest BCUT2D eigenvalue weighted by Gasteiger charge is 2.21. The van der Waals surface area contributed by atoms with Crippen molar-refractivity contribution in [1.82, 2.24) is 0 Å². The topological polar surface area (TPSA) is 52.6 Å². The first-order valence-corrected chi connectivity index (χ1v) is 7.25. The van der Waals surface area contributed by atoms with E-state index in [1.807, 2.05) is 33.8 Å². The lowest BCUT2D eigenvalue weighted by Crippen LogP contribution is -2.20. The standard InChI is InChI=1S/C17H24O4/c1-6-12-8-9-13(15(18)20-7-2)14(10-12)16(19)21-11-17(3,4)5/h8-10H,6-7,11H2,1-5H3.